The van der Waals surface area contributed by atoms with Crippen LogP contribution in [-0.2, 0) is 14.2 Å². The summed E-state index contributed by atoms with van der Waals surface area (Å²) in [6, 6.07) is 5.19. The van der Waals surface area contributed by atoms with Crippen molar-refractivity contribution < 1.29 is 18.9 Å². The van der Waals surface area contributed by atoms with E-state index in [0.717, 1.165) is 0 Å². The van der Waals surface area contributed by atoms with Crippen molar-refractivity contribution in [1.82, 2.24) is 0 Å². The number of rotatable bonds is 10. The maximum absolute atomic E-state index is 5.67. The molecular weight excluding hydrogens is 248 g/mol. The molecule has 1 aromatic carbocycles. The number of methoxy groups -OCH3 is 1. The van der Waals surface area contributed by atoms with Crippen LogP contribution in [-0.4, -0.2) is 46.8 Å². The molecule has 0 fully saturated rings. The van der Waals surface area contributed by atoms with Crippen molar-refractivity contribution in [1.29, 1.82) is 0 Å². The number of ether oxygens (including phenoxy) is 4. The van der Waals surface area contributed by atoms with Crippen LogP contribution in [0, 0.1) is 0 Å². The molecule has 0 radical (unpaired) electrons. The second-order valence-electron chi connectivity index (χ2n) is 3.86. The molecule has 6 heteroatoms. The number of anilines is 2. The van der Waals surface area contributed by atoms with Gasteiger partial charge in [0.25, 0.3) is 0 Å². The van der Waals surface area contributed by atoms with E-state index in [-0.39, 0.29) is 0 Å². The van der Waals surface area contributed by atoms with Crippen LogP contribution in [0.15, 0.2) is 18.2 Å². The van der Waals surface area contributed by atoms with Gasteiger partial charge < -0.3 is 30.4 Å². The summed E-state index contributed by atoms with van der Waals surface area (Å²) in [6.45, 7) is 3.23. The standard InChI is InChI=1S/C13H22N2O4/c1-16-4-5-17-6-7-18-8-9-19-11-2-3-12(14)13(15)10-11/h2-3,10H,4-9,14-15H2,1H3. The molecule has 19 heavy (non-hydrogen) atoms. The van der Waals surface area contributed by atoms with E-state index in [1.165, 1.54) is 0 Å². The normalized spacial score (nSPS) is 10.6. The minimum atomic E-state index is 0.460. The summed E-state index contributed by atoms with van der Waals surface area (Å²) < 4.78 is 20.9. The first-order chi connectivity index (χ1) is 9.24. The van der Waals surface area contributed by atoms with E-state index < -0.39 is 0 Å². The quantitative estimate of drug-likeness (QED) is 0.485. The van der Waals surface area contributed by atoms with Crippen molar-refractivity contribution in [2.45, 2.75) is 0 Å². The Morgan fingerprint density at radius 1 is 0.842 bits per heavy atom. The van der Waals surface area contributed by atoms with E-state index in [1.807, 2.05) is 0 Å². The van der Waals surface area contributed by atoms with Gasteiger partial charge in [-0.05, 0) is 12.1 Å². The first-order valence-electron chi connectivity index (χ1n) is 6.16. The van der Waals surface area contributed by atoms with Crippen molar-refractivity contribution in [2.75, 3.05) is 58.2 Å². The van der Waals surface area contributed by atoms with Gasteiger partial charge in [-0.3, -0.25) is 0 Å². The highest BCUT2D eigenvalue weighted by Crippen LogP contribution is 2.21. The monoisotopic (exact) mass is 270 g/mol. The van der Waals surface area contributed by atoms with Crippen molar-refractivity contribution >= 4 is 11.4 Å². The Kier molecular flexibility index (Phi) is 7.72. The fourth-order valence-electron chi connectivity index (χ4n) is 1.33. The minimum absolute atomic E-state index is 0.460. The Bertz CT molecular complexity index is 360. The van der Waals surface area contributed by atoms with Gasteiger partial charge in [-0.25, -0.2) is 0 Å². The zero-order chi connectivity index (χ0) is 13.9. The molecule has 0 atom stereocenters. The molecule has 1 rings (SSSR count). The third-order valence-electron chi connectivity index (χ3n) is 2.36. The molecule has 0 saturated heterocycles. The summed E-state index contributed by atoms with van der Waals surface area (Å²) in [5.74, 6) is 0.687. The number of hydrogen-bond donors (Lipinski definition) is 2. The zero-order valence-electron chi connectivity index (χ0n) is 11.3. The molecule has 0 heterocycles. The summed E-state index contributed by atoms with van der Waals surface area (Å²) >= 11 is 0. The molecule has 0 unspecified atom stereocenters. The van der Waals surface area contributed by atoms with Crippen LogP contribution in [0.4, 0.5) is 11.4 Å². The van der Waals surface area contributed by atoms with Crippen molar-refractivity contribution in [3.63, 3.8) is 0 Å². The second-order valence-corrected chi connectivity index (χ2v) is 3.86. The van der Waals surface area contributed by atoms with Crippen LogP contribution in [0.25, 0.3) is 0 Å². The van der Waals surface area contributed by atoms with Crippen LogP contribution in [0.2, 0.25) is 0 Å². The SMILES string of the molecule is COCCOCCOCCOc1ccc(N)c(N)c1. The predicted molar refractivity (Wildman–Crippen MR) is 74.3 cm³/mol. The fraction of sp³-hybridized carbons (Fsp3) is 0.538. The highest BCUT2D eigenvalue weighted by Gasteiger charge is 1.98. The van der Waals surface area contributed by atoms with Gasteiger partial charge in [0.2, 0.25) is 0 Å². The third-order valence-corrected chi connectivity index (χ3v) is 2.36. The Morgan fingerprint density at radius 3 is 2.11 bits per heavy atom. The maximum Gasteiger partial charge on any atom is 0.121 e. The Morgan fingerprint density at radius 2 is 1.47 bits per heavy atom. The molecule has 0 aliphatic rings. The molecule has 0 saturated carbocycles. The lowest BCUT2D eigenvalue weighted by Crippen LogP contribution is -2.12. The zero-order valence-corrected chi connectivity index (χ0v) is 11.3. The Balaban J connectivity index is 2.00. The largest absolute Gasteiger partial charge is 0.491 e. The topological polar surface area (TPSA) is 89.0 Å². The second kappa shape index (κ2) is 9.43. The minimum Gasteiger partial charge on any atom is -0.491 e. The predicted octanol–water partition coefficient (Wildman–Crippen LogP) is 0.909. The van der Waals surface area contributed by atoms with Crippen LogP contribution in [0.1, 0.15) is 0 Å². The van der Waals surface area contributed by atoms with Crippen LogP contribution in [0.5, 0.6) is 5.75 Å². The van der Waals surface area contributed by atoms with Crippen LogP contribution < -0.4 is 16.2 Å². The highest BCUT2D eigenvalue weighted by molar-refractivity contribution is 5.65. The van der Waals surface area contributed by atoms with Crippen LogP contribution >= 0.6 is 0 Å². The van der Waals surface area contributed by atoms with Crippen molar-refractivity contribution in [3.8, 4) is 5.75 Å². The van der Waals surface area contributed by atoms with E-state index in [1.54, 1.807) is 25.3 Å². The average molecular weight is 270 g/mol. The lowest BCUT2D eigenvalue weighted by atomic mass is 10.2. The van der Waals surface area contributed by atoms with Gasteiger partial charge in [-0.15, -0.1) is 0 Å². The Labute approximate surface area is 113 Å². The summed E-state index contributed by atoms with van der Waals surface area (Å²) in [5.41, 5.74) is 12.3. The molecule has 108 valence electrons. The number of nitrogen functional groups attached to an aromatic ring is 2. The highest BCUT2D eigenvalue weighted by atomic mass is 16.6. The molecule has 0 aliphatic carbocycles. The molecule has 4 N–H and O–H groups in total. The molecular formula is C13H22N2O4. The van der Waals surface area contributed by atoms with Crippen LogP contribution in [0.3, 0.4) is 0 Å². The molecule has 0 amide bonds. The van der Waals surface area contributed by atoms with E-state index in [2.05, 4.69) is 0 Å². The van der Waals surface area contributed by atoms with E-state index in [0.29, 0.717) is 56.8 Å². The van der Waals surface area contributed by atoms with Gasteiger partial charge in [-0.2, -0.15) is 0 Å². The number of nitrogens with two attached hydrogens (primary N) is 2. The van der Waals surface area contributed by atoms with Gasteiger partial charge in [0.1, 0.15) is 12.4 Å². The first kappa shape index (κ1) is 15.6. The lowest BCUT2D eigenvalue weighted by Gasteiger charge is -2.09. The van der Waals surface area contributed by atoms with E-state index in [4.69, 9.17) is 30.4 Å². The van der Waals surface area contributed by atoms with Gasteiger partial charge in [-0.1, -0.05) is 0 Å². The molecule has 0 aromatic heterocycles. The third kappa shape index (κ3) is 6.85. The molecule has 0 bridgehead atoms. The summed E-state index contributed by atoms with van der Waals surface area (Å²) in [6.07, 6.45) is 0. The average Bonchev–Trinajstić information content (AvgIpc) is 2.41. The van der Waals surface area contributed by atoms with E-state index >= 15 is 0 Å². The summed E-state index contributed by atoms with van der Waals surface area (Å²) in [4.78, 5) is 0. The molecule has 0 spiro atoms. The van der Waals surface area contributed by atoms with Gasteiger partial charge in [0.15, 0.2) is 0 Å². The lowest BCUT2D eigenvalue weighted by molar-refractivity contribution is 0.0180. The van der Waals surface area contributed by atoms with Crippen molar-refractivity contribution in [2.24, 2.45) is 0 Å². The molecule has 0 aliphatic heterocycles. The van der Waals surface area contributed by atoms with Gasteiger partial charge in [0.05, 0.1) is 44.4 Å². The fourth-order valence-corrected chi connectivity index (χ4v) is 1.33. The van der Waals surface area contributed by atoms with Crippen molar-refractivity contribution in [3.05, 3.63) is 18.2 Å². The first-order valence-corrected chi connectivity index (χ1v) is 6.16. The van der Waals surface area contributed by atoms with Gasteiger partial charge >= 0.3 is 0 Å². The smallest absolute Gasteiger partial charge is 0.121 e. The Hall–Kier alpha value is -1.50. The number of benzene rings is 1. The summed E-state index contributed by atoms with van der Waals surface area (Å²) in [7, 11) is 1.64. The van der Waals surface area contributed by atoms with Gasteiger partial charge in [0, 0.05) is 13.2 Å². The molecule has 1 aromatic rings. The summed E-state index contributed by atoms with van der Waals surface area (Å²) in [5, 5.41) is 0. The maximum atomic E-state index is 5.67. The number of hydrogen-bond acceptors (Lipinski definition) is 6. The van der Waals surface area contributed by atoms with E-state index in [9.17, 15) is 0 Å². The molecule has 6 nitrogen and oxygen atoms in total.